The third kappa shape index (κ3) is 4.56. The Kier molecular flexibility index (Phi) is 6.10. The third-order valence-corrected chi connectivity index (χ3v) is 5.59. The molecule has 0 unspecified atom stereocenters. The summed E-state index contributed by atoms with van der Waals surface area (Å²) in [5, 5.41) is 0. The summed E-state index contributed by atoms with van der Waals surface area (Å²) in [5.74, 6) is 0. The summed E-state index contributed by atoms with van der Waals surface area (Å²) in [6.45, 7) is 5.79. The lowest BCUT2D eigenvalue weighted by Gasteiger charge is -2.23. The Morgan fingerprint density at radius 2 is 2.00 bits per heavy atom. The summed E-state index contributed by atoms with van der Waals surface area (Å²) in [5.41, 5.74) is 4.88. The molecule has 0 fully saturated rings. The summed E-state index contributed by atoms with van der Waals surface area (Å²) < 4.78 is 26.9. The molecule has 1 rings (SSSR count). The Bertz CT molecular complexity index is 455. The average Bonchev–Trinajstić information content (AvgIpc) is 2.65. The van der Waals surface area contributed by atoms with Gasteiger partial charge in [0.05, 0.1) is 0 Å². The van der Waals surface area contributed by atoms with Crippen LogP contribution in [0.4, 0.5) is 0 Å². The highest BCUT2D eigenvalue weighted by atomic mass is 35.5. The molecule has 0 aliphatic carbocycles. The van der Waals surface area contributed by atoms with Crippen molar-refractivity contribution >= 4 is 33.8 Å². The van der Waals surface area contributed by atoms with E-state index >= 15 is 0 Å². The first-order valence-corrected chi connectivity index (χ1v) is 7.43. The molecule has 0 radical (unpaired) electrons. The quantitative estimate of drug-likeness (QED) is 0.870. The molecule has 1 aromatic rings. The fourth-order valence-corrected chi connectivity index (χ4v) is 3.87. The van der Waals surface area contributed by atoms with E-state index in [2.05, 4.69) is 4.72 Å². The van der Waals surface area contributed by atoms with E-state index in [1.165, 1.54) is 11.3 Å². The van der Waals surface area contributed by atoms with Gasteiger partial charge in [-0.3, -0.25) is 0 Å². The molecule has 0 aromatic carbocycles. The van der Waals surface area contributed by atoms with E-state index in [1.807, 2.05) is 13.0 Å². The van der Waals surface area contributed by atoms with Gasteiger partial charge in [0.1, 0.15) is 4.21 Å². The van der Waals surface area contributed by atoms with Crippen molar-refractivity contribution in [1.29, 1.82) is 0 Å². The molecule has 17 heavy (non-hydrogen) atoms. The van der Waals surface area contributed by atoms with Crippen molar-refractivity contribution in [3.63, 3.8) is 0 Å². The normalized spacial score (nSPS) is 12.2. The molecule has 0 atom stereocenters. The molecular weight excluding hydrogens is 280 g/mol. The second kappa shape index (κ2) is 6.15. The average molecular weight is 299 g/mol. The van der Waals surface area contributed by atoms with Gasteiger partial charge in [-0.05, 0) is 32.4 Å². The molecule has 0 saturated carbocycles. The molecule has 0 saturated heterocycles. The maximum atomic E-state index is 12.0. The Labute approximate surface area is 113 Å². The standard InChI is InChI=1S/C10H18N2O2S2.ClH/c1-4-8-5-6-9(15-8)16(13,14)12-10(2,3)7-11;/h5-6,12H,4,7,11H2,1-3H3;1H. The summed E-state index contributed by atoms with van der Waals surface area (Å²) in [4.78, 5) is 1.06. The van der Waals surface area contributed by atoms with Crippen molar-refractivity contribution in [1.82, 2.24) is 4.72 Å². The van der Waals surface area contributed by atoms with Crippen LogP contribution in [0, 0.1) is 0 Å². The molecule has 1 aromatic heterocycles. The van der Waals surface area contributed by atoms with Gasteiger partial charge in [0.2, 0.25) is 0 Å². The van der Waals surface area contributed by atoms with Gasteiger partial charge >= 0.3 is 0 Å². The molecule has 3 N–H and O–H groups in total. The van der Waals surface area contributed by atoms with Crippen molar-refractivity contribution < 1.29 is 8.42 Å². The van der Waals surface area contributed by atoms with Crippen molar-refractivity contribution in [2.45, 2.75) is 36.9 Å². The van der Waals surface area contributed by atoms with Crippen LogP contribution in [0.3, 0.4) is 0 Å². The van der Waals surface area contributed by atoms with Crippen LogP contribution in [0.2, 0.25) is 0 Å². The molecular formula is C10H19ClN2O2S2. The van der Waals surface area contributed by atoms with E-state index in [-0.39, 0.29) is 19.0 Å². The number of hydrogen-bond donors (Lipinski definition) is 2. The minimum Gasteiger partial charge on any atom is -0.329 e. The predicted octanol–water partition coefficient (Wildman–Crippen LogP) is 1.75. The number of nitrogens with one attached hydrogen (secondary N) is 1. The van der Waals surface area contributed by atoms with E-state index in [0.29, 0.717) is 4.21 Å². The van der Waals surface area contributed by atoms with Crippen LogP contribution in [0.15, 0.2) is 16.3 Å². The molecule has 0 spiro atoms. The Hall–Kier alpha value is -0.140. The number of nitrogens with two attached hydrogens (primary N) is 1. The van der Waals surface area contributed by atoms with Gasteiger partial charge in [-0.25, -0.2) is 13.1 Å². The second-order valence-electron chi connectivity index (χ2n) is 4.27. The molecule has 100 valence electrons. The smallest absolute Gasteiger partial charge is 0.250 e. The summed E-state index contributed by atoms with van der Waals surface area (Å²) >= 11 is 1.30. The van der Waals surface area contributed by atoms with Gasteiger partial charge < -0.3 is 5.73 Å². The molecule has 0 bridgehead atoms. The molecule has 0 aliphatic rings. The number of halogens is 1. The van der Waals surface area contributed by atoms with Crippen LogP contribution in [0.1, 0.15) is 25.6 Å². The van der Waals surface area contributed by atoms with Crippen LogP contribution >= 0.6 is 23.7 Å². The van der Waals surface area contributed by atoms with Gasteiger partial charge in [0.15, 0.2) is 0 Å². The number of rotatable bonds is 5. The highest BCUT2D eigenvalue weighted by Crippen LogP contribution is 2.22. The SMILES string of the molecule is CCc1ccc(S(=O)(=O)NC(C)(C)CN)s1.Cl. The van der Waals surface area contributed by atoms with E-state index in [9.17, 15) is 8.42 Å². The lowest BCUT2D eigenvalue weighted by Crippen LogP contribution is -2.48. The zero-order chi connectivity index (χ0) is 12.4. The van der Waals surface area contributed by atoms with Crippen LogP contribution in [0.5, 0.6) is 0 Å². The highest BCUT2D eigenvalue weighted by Gasteiger charge is 2.25. The van der Waals surface area contributed by atoms with Crippen LogP contribution in [-0.4, -0.2) is 20.5 Å². The van der Waals surface area contributed by atoms with Gasteiger partial charge in [-0.15, -0.1) is 23.7 Å². The molecule has 1 heterocycles. The fraction of sp³-hybridized carbons (Fsp3) is 0.600. The van der Waals surface area contributed by atoms with Crippen molar-refractivity contribution in [3.8, 4) is 0 Å². The molecule has 7 heteroatoms. The third-order valence-electron chi connectivity index (χ3n) is 2.17. The number of aryl methyl sites for hydroxylation is 1. The zero-order valence-corrected chi connectivity index (χ0v) is 12.6. The van der Waals surface area contributed by atoms with Crippen molar-refractivity contribution in [3.05, 3.63) is 17.0 Å². The topological polar surface area (TPSA) is 72.2 Å². The summed E-state index contributed by atoms with van der Waals surface area (Å²) in [6, 6.07) is 3.48. The zero-order valence-electron chi connectivity index (χ0n) is 10.2. The van der Waals surface area contributed by atoms with Crippen LogP contribution < -0.4 is 10.5 Å². The highest BCUT2D eigenvalue weighted by molar-refractivity contribution is 7.91. The molecule has 0 amide bonds. The van der Waals surface area contributed by atoms with Gasteiger partial charge in [-0.1, -0.05) is 6.92 Å². The summed E-state index contributed by atoms with van der Waals surface area (Å²) in [6.07, 6.45) is 0.848. The fourth-order valence-electron chi connectivity index (χ4n) is 1.15. The predicted molar refractivity (Wildman–Crippen MR) is 74.4 cm³/mol. The van der Waals surface area contributed by atoms with E-state index < -0.39 is 15.6 Å². The molecule has 0 aliphatic heterocycles. The van der Waals surface area contributed by atoms with Crippen LogP contribution in [-0.2, 0) is 16.4 Å². The monoisotopic (exact) mass is 298 g/mol. The van der Waals surface area contributed by atoms with E-state index in [4.69, 9.17) is 5.73 Å². The number of thiophene rings is 1. The lowest BCUT2D eigenvalue weighted by molar-refractivity contribution is 0.463. The Morgan fingerprint density at radius 1 is 1.41 bits per heavy atom. The summed E-state index contributed by atoms with van der Waals surface area (Å²) in [7, 11) is -3.43. The largest absolute Gasteiger partial charge is 0.329 e. The first-order chi connectivity index (χ1) is 7.30. The Morgan fingerprint density at radius 3 is 2.41 bits per heavy atom. The van der Waals surface area contributed by atoms with Gasteiger partial charge in [0.25, 0.3) is 10.0 Å². The molecule has 4 nitrogen and oxygen atoms in total. The van der Waals surface area contributed by atoms with Crippen LogP contribution in [0.25, 0.3) is 0 Å². The minimum absolute atomic E-state index is 0. The first-order valence-electron chi connectivity index (χ1n) is 5.13. The maximum absolute atomic E-state index is 12.0. The number of sulfonamides is 1. The van der Waals surface area contributed by atoms with E-state index in [0.717, 1.165) is 11.3 Å². The van der Waals surface area contributed by atoms with E-state index in [1.54, 1.807) is 19.9 Å². The Balaban J connectivity index is 0.00000256. The van der Waals surface area contributed by atoms with Gasteiger partial charge in [0, 0.05) is 17.0 Å². The second-order valence-corrected chi connectivity index (χ2v) is 7.35. The minimum atomic E-state index is -3.43. The maximum Gasteiger partial charge on any atom is 0.250 e. The lowest BCUT2D eigenvalue weighted by atomic mass is 10.1. The van der Waals surface area contributed by atoms with Crippen molar-refractivity contribution in [2.75, 3.05) is 6.54 Å². The van der Waals surface area contributed by atoms with Crippen molar-refractivity contribution in [2.24, 2.45) is 5.73 Å². The first kappa shape index (κ1) is 16.9. The van der Waals surface area contributed by atoms with Gasteiger partial charge in [-0.2, -0.15) is 0 Å². The number of hydrogen-bond acceptors (Lipinski definition) is 4.